The smallest absolute Gasteiger partial charge is 0.133 e. The van der Waals surface area contributed by atoms with Gasteiger partial charge in [-0.15, -0.1) is 0 Å². The lowest BCUT2D eigenvalue weighted by Crippen LogP contribution is -2.02. The van der Waals surface area contributed by atoms with E-state index >= 15 is 0 Å². The van der Waals surface area contributed by atoms with E-state index in [-0.39, 0.29) is 5.15 Å². The minimum Gasteiger partial charge on any atom is -0.364 e. The van der Waals surface area contributed by atoms with Crippen LogP contribution < -0.4 is 5.32 Å². The van der Waals surface area contributed by atoms with Crippen LogP contribution in [0.25, 0.3) is 0 Å². The predicted octanol–water partition coefficient (Wildman–Crippen LogP) is 2.52. The lowest BCUT2D eigenvalue weighted by Gasteiger charge is -2.03. The molecule has 0 fully saturated rings. The molecule has 0 aliphatic carbocycles. The molecule has 2 heterocycles. The summed E-state index contributed by atoms with van der Waals surface area (Å²) in [6, 6.07) is 6.96. The number of pyridine rings is 1. The summed E-state index contributed by atoms with van der Waals surface area (Å²) in [6.45, 7) is 2.29. The fourth-order valence-electron chi connectivity index (χ4n) is 1.33. The van der Waals surface area contributed by atoms with Gasteiger partial charge < -0.3 is 9.84 Å². The zero-order valence-electron chi connectivity index (χ0n) is 9.07. The summed E-state index contributed by atoms with van der Waals surface area (Å²) in [6.07, 6.45) is 0. The average Bonchev–Trinajstić information content (AvgIpc) is 2.72. The Bertz CT molecular complexity index is 573. The van der Waals surface area contributed by atoms with E-state index < -0.39 is 0 Å². The second kappa shape index (κ2) is 4.85. The van der Waals surface area contributed by atoms with Gasteiger partial charge in [-0.05, 0) is 19.1 Å². The third-order valence-corrected chi connectivity index (χ3v) is 2.24. The standard InChI is InChI=1S/C11H9ClN4O/c1-7-2-9(16-17-7)6-14-11-4-8(5-13)3-10(12)15-11/h2-4H,6H2,1H3,(H,14,15). The summed E-state index contributed by atoms with van der Waals surface area (Å²) in [5.41, 5.74) is 1.23. The molecule has 1 N–H and O–H groups in total. The van der Waals surface area contributed by atoms with Crippen molar-refractivity contribution in [2.24, 2.45) is 0 Å². The van der Waals surface area contributed by atoms with E-state index in [9.17, 15) is 0 Å². The molecular formula is C11H9ClN4O. The second-order valence-electron chi connectivity index (χ2n) is 3.46. The van der Waals surface area contributed by atoms with E-state index in [0.717, 1.165) is 11.5 Å². The van der Waals surface area contributed by atoms with Crippen molar-refractivity contribution in [3.05, 3.63) is 40.4 Å². The third-order valence-electron chi connectivity index (χ3n) is 2.05. The molecule has 0 saturated carbocycles. The molecule has 0 aromatic carbocycles. The molecule has 2 rings (SSSR count). The van der Waals surface area contributed by atoms with Gasteiger partial charge in [0.05, 0.1) is 18.2 Å². The second-order valence-corrected chi connectivity index (χ2v) is 3.85. The fourth-order valence-corrected chi connectivity index (χ4v) is 1.54. The summed E-state index contributed by atoms with van der Waals surface area (Å²) in [5.74, 6) is 1.29. The van der Waals surface area contributed by atoms with Gasteiger partial charge in [-0.25, -0.2) is 4.98 Å². The highest BCUT2D eigenvalue weighted by Crippen LogP contribution is 2.14. The van der Waals surface area contributed by atoms with Crippen LogP contribution in [-0.4, -0.2) is 10.1 Å². The Balaban J connectivity index is 2.09. The maximum absolute atomic E-state index is 8.78. The molecule has 6 heteroatoms. The van der Waals surface area contributed by atoms with E-state index in [2.05, 4.69) is 15.5 Å². The van der Waals surface area contributed by atoms with Gasteiger partial charge in [0.2, 0.25) is 0 Å². The van der Waals surface area contributed by atoms with E-state index in [1.165, 1.54) is 6.07 Å². The van der Waals surface area contributed by atoms with Gasteiger partial charge in [0.25, 0.3) is 0 Å². The van der Waals surface area contributed by atoms with Crippen LogP contribution in [0.4, 0.5) is 5.82 Å². The van der Waals surface area contributed by atoms with Crippen LogP contribution in [-0.2, 0) is 6.54 Å². The van der Waals surface area contributed by atoms with Gasteiger partial charge in [0, 0.05) is 6.07 Å². The number of hydrogen-bond donors (Lipinski definition) is 1. The topological polar surface area (TPSA) is 74.7 Å². The molecule has 0 aliphatic heterocycles. The summed E-state index contributed by atoms with van der Waals surface area (Å²) in [4.78, 5) is 4.05. The maximum Gasteiger partial charge on any atom is 0.133 e. The number of nitrogens with zero attached hydrogens (tertiary/aromatic N) is 3. The predicted molar refractivity (Wildman–Crippen MR) is 62.5 cm³/mol. The summed E-state index contributed by atoms with van der Waals surface area (Å²) < 4.78 is 4.93. The van der Waals surface area contributed by atoms with Crippen molar-refractivity contribution in [3.63, 3.8) is 0 Å². The number of nitrogens with one attached hydrogen (secondary N) is 1. The zero-order chi connectivity index (χ0) is 12.3. The van der Waals surface area contributed by atoms with Crippen LogP contribution in [0.1, 0.15) is 17.0 Å². The fraction of sp³-hybridized carbons (Fsp3) is 0.182. The van der Waals surface area contributed by atoms with Crippen LogP contribution in [0.2, 0.25) is 5.15 Å². The average molecular weight is 249 g/mol. The number of nitriles is 1. The number of rotatable bonds is 3. The number of halogens is 1. The van der Waals surface area contributed by atoms with Crippen LogP contribution >= 0.6 is 11.6 Å². The Labute approximate surface area is 103 Å². The Kier molecular flexibility index (Phi) is 3.26. The normalized spacial score (nSPS) is 9.94. The van der Waals surface area contributed by atoms with Crippen molar-refractivity contribution in [1.82, 2.24) is 10.1 Å². The molecule has 0 unspecified atom stereocenters. The van der Waals surface area contributed by atoms with Crippen molar-refractivity contribution in [3.8, 4) is 6.07 Å². The molecule has 86 valence electrons. The van der Waals surface area contributed by atoms with Crippen molar-refractivity contribution in [1.29, 1.82) is 5.26 Å². The Hall–Kier alpha value is -2.06. The first-order chi connectivity index (χ1) is 8.17. The summed E-state index contributed by atoms with van der Waals surface area (Å²) in [5, 5.41) is 15.9. The number of hydrogen-bond acceptors (Lipinski definition) is 5. The highest BCUT2D eigenvalue weighted by Gasteiger charge is 2.03. The SMILES string of the molecule is Cc1cc(CNc2cc(C#N)cc(Cl)n2)no1. The number of aromatic nitrogens is 2. The van der Waals surface area contributed by atoms with Gasteiger partial charge in [-0.1, -0.05) is 16.8 Å². The first kappa shape index (κ1) is 11.4. The molecular weight excluding hydrogens is 240 g/mol. The summed E-state index contributed by atoms with van der Waals surface area (Å²) >= 11 is 5.78. The summed E-state index contributed by atoms with van der Waals surface area (Å²) in [7, 11) is 0. The lowest BCUT2D eigenvalue weighted by molar-refractivity contribution is 0.391. The highest BCUT2D eigenvalue weighted by molar-refractivity contribution is 6.29. The van der Waals surface area contributed by atoms with Gasteiger partial charge in [-0.2, -0.15) is 5.26 Å². The molecule has 0 radical (unpaired) electrons. The molecule has 2 aromatic heterocycles. The Morgan fingerprint density at radius 1 is 1.47 bits per heavy atom. The molecule has 0 aliphatic rings. The molecule has 5 nitrogen and oxygen atoms in total. The lowest BCUT2D eigenvalue weighted by atomic mass is 10.3. The maximum atomic E-state index is 8.78. The Morgan fingerprint density at radius 2 is 2.29 bits per heavy atom. The van der Waals surface area contributed by atoms with Crippen LogP contribution in [0.5, 0.6) is 0 Å². The van der Waals surface area contributed by atoms with E-state index in [1.54, 1.807) is 6.07 Å². The Morgan fingerprint density at radius 3 is 2.94 bits per heavy atom. The van der Waals surface area contributed by atoms with Crippen LogP contribution in [0.15, 0.2) is 22.7 Å². The van der Waals surface area contributed by atoms with Crippen LogP contribution in [0.3, 0.4) is 0 Å². The van der Waals surface area contributed by atoms with E-state index in [1.807, 2.05) is 19.1 Å². The van der Waals surface area contributed by atoms with Gasteiger partial charge in [-0.3, -0.25) is 0 Å². The molecule has 0 bridgehead atoms. The molecule has 0 saturated heterocycles. The van der Waals surface area contributed by atoms with Crippen molar-refractivity contribution < 1.29 is 4.52 Å². The minimum absolute atomic E-state index is 0.280. The van der Waals surface area contributed by atoms with E-state index in [4.69, 9.17) is 21.4 Å². The van der Waals surface area contributed by atoms with Crippen molar-refractivity contribution in [2.75, 3.05) is 5.32 Å². The first-order valence-corrected chi connectivity index (χ1v) is 5.29. The monoisotopic (exact) mass is 248 g/mol. The highest BCUT2D eigenvalue weighted by atomic mass is 35.5. The van der Waals surface area contributed by atoms with Crippen molar-refractivity contribution in [2.45, 2.75) is 13.5 Å². The molecule has 0 amide bonds. The molecule has 0 atom stereocenters. The zero-order valence-corrected chi connectivity index (χ0v) is 9.82. The molecule has 2 aromatic rings. The van der Waals surface area contributed by atoms with Gasteiger partial charge in [0.15, 0.2) is 0 Å². The van der Waals surface area contributed by atoms with Gasteiger partial charge >= 0.3 is 0 Å². The number of anilines is 1. The van der Waals surface area contributed by atoms with Crippen molar-refractivity contribution >= 4 is 17.4 Å². The third kappa shape index (κ3) is 2.95. The first-order valence-electron chi connectivity index (χ1n) is 4.91. The largest absolute Gasteiger partial charge is 0.364 e. The van der Waals surface area contributed by atoms with Gasteiger partial charge in [0.1, 0.15) is 22.4 Å². The molecule has 17 heavy (non-hydrogen) atoms. The minimum atomic E-state index is 0.280. The number of aryl methyl sites for hydroxylation is 1. The van der Waals surface area contributed by atoms with E-state index in [0.29, 0.717) is 17.9 Å². The quantitative estimate of drug-likeness (QED) is 0.845. The molecule has 0 spiro atoms. The van der Waals surface area contributed by atoms with Crippen LogP contribution in [0, 0.1) is 18.3 Å².